The highest BCUT2D eigenvalue weighted by Gasteiger charge is 2.25. The van der Waals surface area contributed by atoms with Crippen LogP contribution >= 0.6 is 0 Å². The number of nitro groups is 1. The molecule has 18 heavy (non-hydrogen) atoms. The van der Waals surface area contributed by atoms with E-state index >= 15 is 0 Å². The number of nitrogens with zero attached hydrogens (tertiary/aromatic N) is 1. The van der Waals surface area contributed by atoms with Crippen molar-refractivity contribution in [2.24, 2.45) is 5.92 Å². The molecule has 1 aromatic rings. The Kier molecular flexibility index (Phi) is 3.60. The smallest absolute Gasteiger partial charge is 0.311 e. The quantitative estimate of drug-likeness (QED) is 0.607. The predicted octanol–water partition coefficient (Wildman–Crippen LogP) is 2.52. The van der Waals surface area contributed by atoms with Crippen molar-refractivity contribution >= 4 is 11.5 Å². The van der Waals surface area contributed by atoms with Crippen molar-refractivity contribution in [3.05, 3.63) is 33.9 Å². The van der Waals surface area contributed by atoms with Crippen LogP contribution in [0.1, 0.15) is 24.8 Å². The molecule has 5 nitrogen and oxygen atoms in total. The molecule has 5 heteroatoms. The van der Waals surface area contributed by atoms with E-state index in [0.29, 0.717) is 12.8 Å². The van der Waals surface area contributed by atoms with Gasteiger partial charge in [-0.1, -0.05) is 6.07 Å². The van der Waals surface area contributed by atoms with Gasteiger partial charge in [0.1, 0.15) is 5.78 Å². The van der Waals surface area contributed by atoms with E-state index in [1.165, 1.54) is 13.2 Å². The molecule has 1 aliphatic rings. The lowest BCUT2D eigenvalue weighted by Crippen LogP contribution is -2.09. The average Bonchev–Trinajstić information content (AvgIpc) is 2.75. The molecule has 0 saturated heterocycles. The Morgan fingerprint density at radius 3 is 2.83 bits per heavy atom. The number of nitro benzene ring substituents is 1. The Hall–Kier alpha value is -1.91. The largest absolute Gasteiger partial charge is 0.490 e. The van der Waals surface area contributed by atoms with Crippen LogP contribution in [0.25, 0.3) is 0 Å². The molecule has 0 N–H and O–H groups in total. The first kappa shape index (κ1) is 12.5. The van der Waals surface area contributed by atoms with E-state index in [-0.39, 0.29) is 23.1 Å². The molecule has 0 radical (unpaired) electrons. The summed E-state index contributed by atoms with van der Waals surface area (Å²) in [6.07, 6.45) is 3.05. The maximum absolute atomic E-state index is 11.6. The number of carbonyl (C=O) groups is 1. The van der Waals surface area contributed by atoms with Crippen LogP contribution in [0.5, 0.6) is 5.75 Å². The molecular formula is C13H15NO4. The average molecular weight is 249 g/mol. The van der Waals surface area contributed by atoms with E-state index in [9.17, 15) is 14.9 Å². The molecule has 1 unspecified atom stereocenters. The summed E-state index contributed by atoms with van der Waals surface area (Å²) >= 11 is 0. The third kappa shape index (κ3) is 2.50. The number of benzene rings is 1. The highest BCUT2D eigenvalue weighted by Crippen LogP contribution is 2.31. The van der Waals surface area contributed by atoms with E-state index in [0.717, 1.165) is 18.4 Å². The van der Waals surface area contributed by atoms with Crippen LogP contribution in [-0.2, 0) is 11.2 Å². The van der Waals surface area contributed by atoms with Gasteiger partial charge in [-0.05, 0) is 30.9 Å². The van der Waals surface area contributed by atoms with Gasteiger partial charge in [0.25, 0.3) is 0 Å². The van der Waals surface area contributed by atoms with Gasteiger partial charge in [-0.3, -0.25) is 14.9 Å². The molecule has 0 heterocycles. The van der Waals surface area contributed by atoms with Crippen molar-refractivity contribution in [3.63, 3.8) is 0 Å². The van der Waals surface area contributed by atoms with Gasteiger partial charge >= 0.3 is 5.69 Å². The summed E-state index contributed by atoms with van der Waals surface area (Å²) in [5, 5.41) is 10.9. The molecule has 96 valence electrons. The number of methoxy groups -OCH3 is 1. The second-order valence-corrected chi connectivity index (χ2v) is 4.52. The lowest BCUT2D eigenvalue weighted by Gasteiger charge is -2.09. The van der Waals surface area contributed by atoms with E-state index in [4.69, 9.17) is 4.74 Å². The molecule has 0 bridgehead atoms. The van der Waals surface area contributed by atoms with Crippen molar-refractivity contribution in [1.82, 2.24) is 0 Å². The number of hydrogen-bond acceptors (Lipinski definition) is 4. The molecule has 1 saturated carbocycles. The maximum atomic E-state index is 11.6. The summed E-state index contributed by atoms with van der Waals surface area (Å²) < 4.78 is 4.94. The van der Waals surface area contributed by atoms with E-state index in [2.05, 4.69) is 0 Å². The van der Waals surface area contributed by atoms with Crippen LogP contribution in [0.3, 0.4) is 0 Å². The molecule has 1 aliphatic carbocycles. The fourth-order valence-electron chi connectivity index (χ4n) is 2.39. The number of carbonyl (C=O) groups excluding carboxylic acids is 1. The van der Waals surface area contributed by atoms with Crippen LogP contribution < -0.4 is 4.74 Å². The number of hydrogen-bond donors (Lipinski definition) is 0. The Balaban J connectivity index is 2.21. The number of ketones is 1. The van der Waals surface area contributed by atoms with Gasteiger partial charge in [0.05, 0.1) is 12.0 Å². The molecule has 1 aromatic carbocycles. The van der Waals surface area contributed by atoms with E-state index in [1.807, 2.05) is 0 Å². The van der Waals surface area contributed by atoms with Gasteiger partial charge in [0, 0.05) is 18.4 Å². The first-order valence-electron chi connectivity index (χ1n) is 5.96. The first-order chi connectivity index (χ1) is 8.61. The minimum Gasteiger partial charge on any atom is -0.490 e. The minimum absolute atomic E-state index is 0.0259. The standard InChI is InChI=1S/C13H15NO4/c1-18-13-6-5-9(8-11(13)14(16)17)7-10-3-2-4-12(10)15/h5-6,8,10H,2-4,7H2,1H3. The lowest BCUT2D eigenvalue weighted by atomic mass is 9.97. The highest BCUT2D eigenvalue weighted by molar-refractivity contribution is 5.83. The molecular weight excluding hydrogens is 234 g/mol. The summed E-state index contributed by atoms with van der Waals surface area (Å²) in [4.78, 5) is 22.0. The molecule has 0 spiro atoms. The van der Waals surface area contributed by atoms with E-state index in [1.54, 1.807) is 12.1 Å². The fourth-order valence-corrected chi connectivity index (χ4v) is 2.39. The van der Waals surface area contributed by atoms with Crippen molar-refractivity contribution < 1.29 is 14.5 Å². The monoisotopic (exact) mass is 249 g/mol. The molecule has 0 aromatic heterocycles. The summed E-state index contributed by atoms with van der Waals surface area (Å²) in [5.41, 5.74) is 0.781. The summed E-state index contributed by atoms with van der Waals surface area (Å²) in [6.45, 7) is 0. The minimum atomic E-state index is -0.460. The third-order valence-electron chi connectivity index (χ3n) is 3.35. The van der Waals surface area contributed by atoms with Crippen LogP contribution in [-0.4, -0.2) is 17.8 Å². The Morgan fingerprint density at radius 1 is 1.50 bits per heavy atom. The summed E-state index contributed by atoms with van der Waals surface area (Å²) in [6, 6.07) is 4.88. The SMILES string of the molecule is COc1ccc(CC2CCCC2=O)cc1[N+](=O)[O-]. The van der Waals surface area contributed by atoms with Gasteiger partial charge in [-0.25, -0.2) is 0 Å². The second kappa shape index (κ2) is 5.16. The molecule has 1 atom stereocenters. The maximum Gasteiger partial charge on any atom is 0.311 e. The van der Waals surface area contributed by atoms with Crippen LogP contribution in [0.15, 0.2) is 18.2 Å². The summed E-state index contributed by atoms with van der Waals surface area (Å²) in [7, 11) is 1.41. The lowest BCUT2D eigenvalue weighted by molar-refractivity contribution is -0.385. The normalized spacial score (nSPS) is 18.9. The van der Waals surface area contributed by atoms with Crippen LogP contribution in [0.2, 0.25) is 0 Å². The second-order valence-electron chi connectivity index (χ2n) is 4.52. The van der Waals surface area contributed by atoms with Crippen molar-refractivity contribution in [2.45, 2.75) is 25.7 Å². The topological polar surface area (TPSA) is 69.4 Å². The number of Topliss-reactive ketones (excluding diaryl/α,β-unsaturated/α-hetero) is 1. The van der Waals surface area contributed by atoms with Crippen LogP contribution in [0, 0.1) is 16.0 Å². The number of rotatable bonds is 4. The molecule has 0 aliphatic heterocycles. The first-order valence-corrected chi connectivity index (χ1v) is 5.96. The Bertz CT molecular complexity index is 484. The zero-order valence-electron chi connectivity index (χ0n) is 10.2. The van der Waals surface area contributed by atoms with Crippen molar-refractivity contribution in [3.8, 4) is 5.75 Å². The summed E-state index contributed by atoms with van der Waals surface area (Å²) in [5.74, 6) is 0.549. The zero-order valence-corrected chi connectivity index (χ0v) is 10.2. The van der Waals surface area contributed by atoms with Gasteiger partial charge in [-0.15, -0.1) is 0 Å². The van der Waals surface area contributed by atoms with Crippen molar-refractivity contribution in [2.75, 3.05) is 7.11 Å². The molecule has 0 amide bonds. The van der Waals surface area contributed by atoms with Gasteiger partial charge < -0.3 is 4.74 Å². The zero-order chi connectivity index (χ0) is 13.1. The number of ether oxygens (including phenoxy) is 1. The Morgan fingerprint density at radius 2 is 2.28 bits per heavy atom. The van der Waals surface area contributed by atoms with Gasteiger partial charge in [0.2, 0.25) is 0 Å². The van der Waals surface area contributed by atoms with Gasteiger partial charge in [-0.2, -0.15) is 0 Å². The predicted molar refractivity (Wildman–Crippen MR) is 65.7 cm³/mol. The van der Waals surface area contributed by atoms with E-state index < -0.39 is 4.92 Å². The highest BCUT2D eigenvalue weighted by atomic mass is 16.6. The third-order valence-corrected chi connectivity index (χ3v) is 3.35. The van der Waals surface area contributed by atoms with Crippen molar-refractivity contribution in [1.29, 1.82) is 0 Å². The molecule has 2 rings (SSSR count). The Labute approximate surface area is 105 Å². The van der Waals surface area contributed by atoms with Gasteiger partial charge in [0.15, 0.2) is 5.75 Å². The van der Waals surface area contributed by atoms with Crippen LogP contribution in [0.4, 0.5) is 5.69 Å². The molecule has 1 fully saturated rings. The fraction of sp³-hybridized carbons (Fsp3) is 0.462.